The zero-order chi connectivity index (χ0) is 15.6. The molecule has 0 spiro atoms. The van der Waals surface area contributed by atoms with Gasteiger partial charge in [-0.1, -0.05) is 30.3 Å². The number of carbonyl (C=O) groups excluding carboxylic acids is 1. The molecule has 1 N–H and O–H groups in total. The molecule has 3 heterocycles. The van der Waals surface area contributed by atoms with Crippen LogP contribution in [0, 0.1) is 0 Å². The fourth-order valence-electron chi connectivity index (χ4n) is 2.26. The number of aromatic nitrogens is 3. The monoisotopic (exact) mass is 340 g/mol. The molecule has 0 fully saturated rings. The Balaban J connectivity index is 1.44. The molecule has 7 heteroatoms. The number of imidazole rings is 1. The molecular weight excluding hydrogens is 328 g/mol. The Morgan fingerprint density at radius 1 is 1.17 bits per heavy atom. The van der Waals surface area contributed by atoms with E-state index in [1.807, 2.05) is 57.9 Å². The van der Waals surface area contributed by atoms with E-state index in [0.29, 0.717) is 5.13 Å². The van der Waals surface area contributed by atoms with Crippen LogP contribution in [0.5, 0.6) is 0 Å². The molecule has 5 nitrogen and oxygen atoms in total. The molecule has 114 valence electrons. The molecule has 1 amide bonds. The number of fused-ring (bicyclic) bond motifs is 1. The standard InChI is InChI=1S/C16H12N4OS2/c21-14(8-12-9-20-6-7-22-16(20)17-12)19-15-18-13(10-23-15)11-4-2-1-3-5-11/h1-7,9-10H,8H2,(H,18,19,21). The molecule has 0 saturated carbocycles. The quantitative estimate of drug-likeness (QED) is 0.616. The largest absolute Gasteiger partial charge is 0.302 e. The second-order valence-electron chi connectivity index (χ2n) is 4.95. The predicted molar refractivity (Wildman–Crippen MR) is 93.0 cm³/mol. The van der Waals surface area contributed by atoms with Gasteiger partial charge in [-0.3, -0.25) is 9.20 Å². The number of hydrogen-bond donors (Lipinski definition) is 1. The van der Waals surface area contributed by atoms with Gasteiger partial charge in [0.2, 0.25) is 5.91 Å². The average Bonchev–Trinajstić information content (AvgIpc) is 3.24. The van der Waals surface area contributed by atoms with Crippen molar-refractivity contribution >= 4 is 38.7 Å². The Labute approximate surface area is 140 Å². The van der Waals surface area contributed by atoms with Gasteiger partial charge >= 0.3 is 0 Å². The Morgan fingerprint density at radius 2 is 2.04 bits per heavy atom. The highest BCUT2D eigenvalue weighted by atomic mass is 32.1. The Hall–Kier alpha value is -2.51. The van der Waals surface area contributed by atoms with Gasteiger partial charge in [0.15, 0.2) is 10.1 Å². The highest BCUT2D eigenvalue weighted by molar-refractivity contribution is 7.15. The molecule has 4 rings (SSSR count). The molecule has 1 aromatic carbocycles. The summed E-state index contributed by atoms with van der Waals surface area (Å²) in [7, 11) is 0. The molecule has 0 unspecified atom stereocenters. The van der Waals surface area contributed by atoms with Crippen molar-refractivity contribution in [2.24, 2.45) is 0 Å². The summed E-state index contributed by atoms with van der Waals surface area (Å²) in [4.78, 5) is 21.9. The van der Waals surface area contributed by atoms with E-state index >= 15 is 0 Å². The fourth-order valence-corrected chi connectivity index (χ4v) is 3.72. The first kappa shape index (κ1) is 14.1. The van der Waals surface area contributed by atoms with E-state index in [0.717, 1.165) is 21.9 Å². The van der Waals surface area contributed by atoms with Gasteiger partial charge in [0.05, 0.1) is 17.8 Å². The van der Waals surface area contributed by atoms with E-state index < -0.39 is 0 Å². The normalized spacial score (nSPS) is 11.0. The molecule has 0 radical (unpaired) electrons. The third-order valence-electron chi connectivity index (χ3n) is 3.30. The lowest BCUT2D eigenvalue weighted by atomic mass is 10.2. The second kappa shape index (κ2) is 5.94. The van der Waals surface area contributed by atoms with E-state index in [-0.39, 0.29) is 12.3 Å². The molecule has 0 aliphatic carbocycles. The minimum atomic E-state index is -0.107. The van der Waals surface area contributed by atoms with Crippen molar-refractivity contribution in [3.8, 4) is 11.3 Å². The molecule has 4 aromatic rings. The van der Waals surface area contributed by atoms with Crippen LogP contribution in [0.1, 0.15) is 5.69 Å². The number of nitrogens with zero attached hydrogens (tertiary/aromatic N) is 3. The van der Waals surface area contributed by atoms with Crippen LogP contribution in [-0.2, 0) is 11.2 Å². The molecule has 0 atom stereocenters. The molecule has 0 aliphatic heterocycles. The highest BCUT2D eigenvalue weighted by Gasteiger charge is 2.11. The third-order valence-corrected chi connectivity index (χ3v) is 4.83. The highest BCUT2D eigenvalue weighted by Crippen LogP contribution is 2.24. The average molecular weight is 340 g/mol. The fraction of sp³-hybridized carbons (Fsp3) is 0.0625. The molecule has 0 saturated heterocycles. The van der Waals surface area contributed by atoms with Crippen LogP contribution in [-0.4, -0.2) is 20.3 Å². The molecule has 0 bridgehead atoms. The number of rotatable bonds is 4. The van der Waals surface area contributed by atoms with Crippen LogP contribution >= 0.6 is 22.7 Å². The van der Waals surface area contributed by atoms with Crippen molar-refractivity contribution in [1.82, 2.24) is 14.4 Å². The Bertz CT molecular complexity index is 926. The van der Waals surface area contributed by atoms with Gasteiger partial charge in [-0.15, -0.1) is 22.7 Å². The minimum absolute atomic E-state index is 0.107. The lowest BCUT2D eigenvalue weighted by Crippen LogP contribution is -2.14. The third kappa shape index (κ3) is 3.01. The van der Waals surface area contributed by atoms with Gasteiger partial charge in [-0.05, 0) is 0 Å². The van der Waals surface area contributed by atoms with Crippen molar-refractivity contribution in [2.45, 2.75) is 6.42 Å². The van der Waals surface area contributed by atoms with Gasteiger partial charge in [-0.2, -0.15) is 0 Å². The first-order valence-corrected chi connectivity index (χ1v) is 8.76. The number of hydrogen-bond acceptors (Lipinski definition) is 5. The lowest BCUT2D eigenvalue weighted by Gasteiger charge is -1.99. The van der Waals surface area contributed by atoms with Crippen LogP contribution in [0.2, 0.25) is 0 Å². The number of thiazole rings is 2. The maximum absolute atomic E-state index is 12.1. The maximum atomic E-state index is 12.1. The van der Waals surface area contributed by atoms with Gasteiger partial charge in [0.1, 0.15) is 0 Å². The molecule has 23 heavy (non-hydrogen) atoms. The van der Waals surface area contributed by atoms with Gasteiger partial charge < -0.3 is 5.32 Å². The maximum Gasteiger partial charge on any atom is 0.232 e. The Kier molecular flexibility index (Phi) is 3.64. The first-order chi connectivity index (χ1) is 11.3. The topological polar surface area (TPSA) is 59.3 Å². The van der Waals surface area contributed by atoms with E-state index in [2.05, 4.69) is 15.3 Å². The predicted octanol–water partition coefficient (Wildman–Crippen LogP) is 3.70. The van der Waals surface area contributed by atoms with Gasteiger partial charge in [-0.25, -0.2) is 9.97 Å². The van der Waals surface area contributed by atoms with Crippen molar-refractivity contribution in [3.05, 3.63) is 59.2 Å². The molecule has 0 aliphatic rings. The van der Waals surface area contributed by atoms with Crippen molar-refractivity contribution in [2.75, 3.05) is 5.32 Å². The zero-order valence-corrected chi connectivity index (χ0v) is 13.6. The van der Waals surface area contributed by atoms with E-state index in [9.17, 15) is 4.79 Å². The number of anilines is 1. The summed E-state index contributed by atoms with van der Waals surface area (Å²) < 4.78 is 1.92. The second-order valence-corrected chi connectivity index (χ2v) is 6.69. The summed E-state index contributed by atoms with van der Waals surface area (Å²) in [5.41, 5.74) is 2.67. The van der Waals surface area contributed by atoms with Gasteiger partial charge in [0, 0.05) is 28.7 Å². The van der Waals surface area contributed by atoms with E-state index in [4.69, 9.17) is 0 Å². The summed E-state index contributed by atoms with van der Waals surface area (Å²) in [6, 6.07) is 9.90. The number of amides is 1. The molecule has 3 aromatic heterocycles. The van der Waals surface area contributed by atoms with Crippen molar-refractivity contribution in [1.29, 1.82) is 0 Å². The SMILES string of the molecule is O=C(Cc1cn2ccsc2n1)Nc1nc(-c2ccccc2)cs1. The number of carbonyl (C=O) groups is 1. The van der Waals surface area contributed by atoms with Crippen LogP contribution in [0.15, 0.2) is 53.5 Å². The summed E-state index contributed by atoms with van der Waals surface area (Å²) >= 11 is 2.97. The first-order valence-electron chi connectivity index (χ1n) is 7.00. The summed E-state index contributed by atoms with van der Waals surface area (Å²) in [6.45, 7) is 0. The summed E-state index contributed by atoms with van der Waals surface area (Å²) in [5, 5.41) is 7.35. The summed E-state index contributed by atoms with van der Waals surface area (Å²) in [5.74, 6) is -0.107. The minimum Gasteiger partial charge on any atom is -0.302 e. The Morgan fingerprint density at radius 3 is 2.87 bits per heavy atom. The van der Waals surface area contributed by atoms with E-state index in [1.54, 1.807) is 11.3 Å². The number of nitrogens with one attached hydrogen (secondary N) is 1. The van der Waals surface area contributed by atoms with Crippen LogP contribution < -0.4 is 5.32 Å². The van der Waals surface area contributed by atoms with Crippen molar-refractivity contribution in [3.63, 3.8) is 0 Å². The van der Waals surface area contributed by atoms with E-state index in [1.165, 1.54) is 11.3 Å². The molecular formula is C16H12N4OS2. The van der Waals surface area contributed by atoms with Crippen molar-refractivity contribution < 1.29 is 4.79 Å². The number of benzene rings is 1. The summed E-state index contributed by atoms with van der Waals surface area (Å²) in [6.07, 6.45) is 4.05. The van der Waals surface area contributed by atoms with Crippen LogP contribution in [0.3, 0.4) is 0 Å². The lowest BCUT2D eigenvalue weighted by molar-refractivity contribution is -0.115. The van der Waals surface area contributed by atoms with Crippen LogP contribution in [0.4, 0.5) is 5.13 Å². The zero-order valence-electron chi connectivity index (χ0n) is 12.0. The smallest absolute Gasteiger partial charge is 0.232 e. The van der Waals surface area contributed by atoms with Gasteiger partial charge in [0.25, 0.3) is 0 Å². The van der Waals surface area contributed by atoms with Crippen LogP contribution in [0.25, 0.3) is 16.2 Å².